The molecule has 1 aliphatic heterocycles. The van der Waals surface area contributed by atoms with Crippen LogP contribution in [0.5, 0.6) is 0 Å². The molecule has 3 rings (SSSR count). The average molecular weight is 394 g/mol. The number of hydrogen-bond acceptors (Lipinski definition) is 5. The van der Waals surface area contributed by atoms with Gasteiger partial charge in [-0.15, -0.1) is 10.2 Å². The van der Waals surface area contributed by atoms with E-state index in [1.807, 2.05) is 28.8 Å². The first kappa shape index (κ1) is 19.6. The summed E-state index contributed by atoms with van der Waals surface area (Å²) in [6.07, 6.45) is 4.22. The summed E-state index contributed by atoms with van der Waals surface area (Å²) in [4.78, 5) is 4.27. The van der Waals surface area contributed by atoms with E-state index in [1.54, 1.807) is 18.3 Å². The fourth-order valence-electron chi connectivity index (χ4n) is 3.20. The number of sulfonamides is 1. The van der Waals surface area contributed by atoms with E-state index in [-0.39, 0.29) is 11.8 Å². The molecule has 0 bridgehead atoms. The van der Waals surface area contributed by atoms with Crippen molar-refractivity contribution in [2.24, 2.45) is 4.99 Å². The number of nitrogens with zero attached hydrogens (tertiary/aromatic N) is 5. The minimum absolute atomic E-state index is 0.158. The van der Waals surface area contributed by atoms with Crippen molar-refractivity contribution in [3.05, 3.63) is 30.2 Å². The van der Waals surface area contributed by atoms with Crippen LogP contribution in [-0.2, 0) is 16.4 Å². The Morgan fingerprint density at radius 3 is 2.78 bits per heavy atom. The van der Waals surface area contributed by atoms with Gasteiger partial charge >= 0.3 is 0 Å². The molecule has 0 spiro atoms. The van der Waals surface area contributed by atoms with Gasteiger partial charge in [-0.25, -0.2) is 12.7 Å². The van der Waals surface area contributed by atoms with Crippen molar-refractivity contribution in [2.75, 3.05) is 32.4 Å². The molecule has 10 heteroatoms. The zero-order chi connectivity index (χ0) is 19.3. The van der Waals surface area contributed by atoms with Crippen LogP contribution in [0.25, 0.3) is 5.65 Å². The monoisotopic (exact) mass is 393 g/mol. The molecule has 0 radical (unpaired) electrons. The third kappa shape index (κ3) is 4.75. The number of hydrogen-bond donors (Lipinski definition) is 2. The first-order valence-corrected chi connectivity index (χ1v) is 10.9. The number of fused-ring (bicyclic) bond motifs is 1. The molecule has 1 saturated heterocycles. The van der Waals surface area contributed by atoms with Gasteiger partial charge < -0.3 is 10.6 Å². The van der Waals surface area contributed by atoms with Crippen molar-refractivity contribution in [1.82, 2.24) is 29.5 Å². The van der Waals surface area contributed by atoms with Gasteiger partial charge in [-0.3, -0.25) is 9.39 Å². The number of aliphatic imine (C=N–C) groups is 1. The molecule has 0 unspecified atom stereocenters. The predicted octanol–water partition coefficient (Wildman–Crippen LogP) is 0.251. The van der Waals surface area contributed by atoms with Gasteiger partial charge in [0.15, 0.2) is 11.6 Å². The highest BCUT2D eigenvalue weighted by Gasteiger charge is 2.26. The Labute approximate surface area is 159 Å². The number of rotatable bonds is 6. The van der Waals surface area contributed by atoms with Gasteiger partial charge in [-0.05, 0) is 31.9 Å². The number of nitrogens with one attached hydrogen (secondary N) is 2. The van der Waals surface area contributed by atoms with Crippen molar-refractivity contribution >= 4 is 21.6 Å². The third-order valence-corrected chi connectivity index (χ3v) is 6.68. The second-order valence-electron chi connectivity index (χ2n) is 6.51. The van der Waals surface area contributed by atoms with E-state index in [1.165, 1.54) is 0 Å². The molecule has 0 aromatic carbocycles. The summed E-state index contributed by atoms with van der Waals surface area (Å²) in [7, 11) is -1.36. The largest absolute Gasteiger partial charge is 0.356 e. The Morgan fingerprint density at radius 2 is 2.07 bits per heavy atom. The maximum absolute atomic E-state index is 11.9. The second kappa shape index (κ2) is 8.66. The van der Waals surface area contributed by atoms with Crippen molar-refractivity contribution in [1.29, 1.82) is 0 Å². The number of guanidine groups is 1. The molecule has 0 saturated carbocycles. The second-order valence-corrected chi connectivity index (χ2v) is 8.77. The smallest absolute Gasteiger partial charge is 0.213 e. The molecule has 3 heterocycles. The van der Waals surface area contributed by atoms with Crippen LogP contribution in [0.2, 0.25) is 0 Å². The molecule has 1 aliphatic rings. The van der Waals surface area contributed by atoms with Crippen LogP contribution < -0.4 is 10.6 Å². The molecule has 27 heavy (non-hydrogen) atoms. The number of piperidine rings is 1. The van der Waals surface area contributed by atoms with Crippen LogP contribution in [0.4, 0.5) is 0 Å². The molecule has 2 aromatic rings. The van der Waals surface area contributed by atoms with Gasteiger partial charge in [0.05, 0.1) is 5.75 Å². The Bertz CT molecular complexity index is 886. The van der Waals surface area contributed by atoms with E-state index in [0.29, 0.717) is 19.6 Å². The molecule has 1 fully saturated rings. The van der Waals surface area contributed by atoms with Gasteiger partial charge in [-0.2, -0.15) is 0 Å². The maximum Gasteiger partial charge on any atom is 0.213 e. The quantitative estimate of drug-likeness (QED) is 0.539. The lowest BCUT2D eigenvalue weighted by atomic mass is 10.1. The fraction of sp³-hybridized carbons (Fsp3) is 0.588. The van der Waals surface area contributed by atoms with Gasteiger partial charge in [0.1, 0.15) is 5.82 Å². The highest BCUT2D eigenvalue weighted by Crippen LogP contribution is 2.14. The first-order valence-electron chi connectivity index (χ1n) is 9.27. The third-order valence-electron chi connectivity index (χ3n) is 4.80. The van der Waals surface area contributed by atoms with Gasteiger partial charge in [0.25, 0.3) is 0 Å². The summed E-state index contributed by atoms with van der Waals surface area (Å²) in [5.74, 6) is 1.78. The summed E-state index contributed by atoms with van der Waals surface area (Å²) < 4.78 is 27.4. The molecule has 2 aromatic heterocycles. The summed E-state index contributed by atoms with van der Waals surface area (Å²) in [6, 6.07) is 6.04. The van der Waals surface area contributed by atoms with E-state index in [4.69, 9.17) is 0 Å². The topological polar surface area (TPSA) is 104 Å². The van der Waals surface area contributed by atoms with E-state index in [0.717, 1.165) is 36.7 Å². The van der Waals surface area contributed by atoms with Gasteiger partial charge in [-0.1, -0.05) is 6.07 Å². The van der Waals surface area contributed by atoms with Crippen LogP contribution in [0, 0.1) is 0 Å². The zero-order valence-corrected chi connectivity index (χ0v) is 16.6. The minimum atomic E-state index is -3.09. The van der Waals surface area contributed by atoms with Crippen LogP contribution in [-0.4, -0.2) is 71.8 Å². The summed E-state index contributed by atoms with van der Waals surface area (Å²) in [5.41, 5.74) is 0.837. The average Bonchev–Trinajstić information content (AvgIpc) is 3.11. The van der Waals surface area contributed by atoms with Crippen molar-refractivity contribution in [3.63, 3.8) is 0 Å². The highest BCUT2D eigenvalue weighted by atomic mass is 32.2. The Balaban J connectivity index is 1.46. The number of pyridine rings is 1. The van der Waals surface area contributed by atoms with Crippen LogP contribution in [0.15, 0.2) is 29.4 Å². The fourth-order valence-corrected chi connectivity index (χ4v) is 4.34. The van der Waals surface area contributed by atoms with E-state index in [9.17, 15) is 8.42 Å². The zero-order valence-electron chi connectivity index (χ0n) is 15.8. The predicted molar refractivity (Wildman–Crippen MR) is 105 cm³/mol. The maximum atomic E-state index is 11.9. The lowest BCUT2D eigenvalue weighted by molar-refractivity contribution is 0.306. The molecular formula is C17H27N7O2S. The molecule has 0 aliphatic carbocycles. The van der Waals surface area contributed by atoms with E-state index in [2.05, 4.69) is 25.8 Å². The normalized spacial score (nSPS) is 17.3. The first-order chi connectivity index (χ1) is 13.0. The Morgan fingerprint density at radius 1 is 1.30 bits per heavy atom. The lowest BCUT2D eigenvalue weighted by Crippen LogP contribution is -2.50. The molecule has 148 valence electrons. The van der Waals surface area contributed by atoms with E-state index >= 15 is 0 Å². The van der Waals surface area contributed by atoms with Crippen molar-refractivity contribution < 1.29 is 8.42 Å². The Kier molecular flexibility index (Phi) is 6.27. The summed E-state index contributed by atoms with van der Waals surface area (Å²) in [5, 5.41) is 15.1. The van der Waals surface area contributed by atoms with Crippen molar-refractivity contribution in [3.8, 4) is 0 Å². The lowest BCUT2D eigenvalue weighted by Gasteiger charge is -2.32. The van der Waals surface area contributed by atoms with E-state index < -0.39 is 10.0 Å². The highest BCUT2D eigenvalue weighted by molar-refractivity contribution is 7.89. The van der Waals surface area contributed by atoms with Gasteiger partial charge in [0, 0.05) is 45.3 Å². The molecule has 2 N–H and O–H groups in total. The summed E-state index contributed by atoms with van der Waals surface area (Å²) in [6.45, 7) is 3.47. The van der Waals surface area contributed by atoms with Crippen molar-refractivity contribution in [2.45, 2.75) is 32.2 Å². The summed E-state index contributed by atoms with van der Waals surface area (Å²) >= 11 is 0. The van der Waals surface area contributed by atoms with Crippen LogP contribution in [0.1, 0.15) is 25.6 Å². The minimum Gasteiger partial charge on any atom is -0.356 e. The standard InChI is InChI=1S/C17H27N7O2S/c1-3-27(25,26)23-12-8-14(9-13-23)20-17(18-2)19-10-7-16-22-21-15-6-4-5-11-24(15)16/h4-6,11,14H,3,7-10,12-13H2,1-2H3,(H2,18,19,20). The molecule has 0 atom stereocenters. The van der Waals surface area contributed by atoms with Gasteiger partial charge in [0.2, 0.25) is 10.0 Å². The number of aromatic nitrogens is 3. The van der Waals surface area contributed by atoms with Crippen LogP contribution in [0.3, 0.4) is 0 Å². The SMILES string of the molecule is CCS(=O)(=O)N1CCC(NC(=NC)NCCc2nnc3ccccn23)CC1. The molecule has 9 nitrogen and oxygen atoms in total. The molecular weight excluding hydrogens is 366 g/mol. The Hall–Kier alpha value is -2.20. The molecule has 0 amide bonds. The van der Waals surface area contributed by atoms with Crippen LogP contribution >= 0.6 is 0 Å².